The van der Waals surface area contributed by atoms with E-state index in [-0.39, 0.29) is 23.3 Å². The van der Waals surface area contributed by atoms with Crippen molar-refractivity contribution in [3.8, 4) is 0 Å². The van der Waals surface area contributed by atoms with E-state index in [0.717, 1.165) is 12.2 Å². The Hall–Kier alpha value is -2.56. The van der Waals surface area contributed by atoms with Crippen LogP contribution in [0.3, 0.4) is 0 Å². The van der Waals surface area contributed by atoms with Gasteiger partial charge in [-0.2, -0.15) is 0 Å². The molecule has 1 aromatic carbocycles. The molecule has 0 unspecified atom stereocenters. The number of carbonyl (C=O) groups excluding carboxylic acids is 1. The molecular weight excluding hydrogens is 258 g/mol. The maximum absolute atomic E-state index is 12.1. The van der Waals surface area contributed by atoms with Crippen LogP contribution in [0.5, 0.6) is 0 Å². The van der Waals surface area contributed by atoms with E-state index in [2.05, 4.69) is 5.32 Å². The van der Waals surface area contributed by atoms with Gasteiger partial charge in [0.15, 0.2) is 0 Å². The summed E-state index contributed by atoms with van der Waals surface area (Å²) in [6.07, 6.45) is 2.36. The third-order valence-electron chi connectivity index (χ3n) is 3.41. The van der Waals surface area contributed by atoms with E-state index in [1.165, 1.54) is 12.1 Å². The van der Waals surface area contributed by atoms with E-state index in [1.54, 1.807) is 24.5 Å². The molecule has 2 aromatic rings. The van der Waals surface area contributed by atoms with E-state index in [4.69, 9.17) is 9.52 Å². The predicted octanol–water partition coefficient (Wildman–Crippen LogP) is 2.72. The fourth-order valence-electron chi connectivity index (χ4n) is 2.27. The number of nitrogens with one attached hydrogen (secondary N) is 1. The molecule has 3 rings (SSSR count). The van der Waals surface area contributed by atoms with E-state index in [9.17, 15) is 9.59 Å². The molecule has 1 heterocycles. The Morgan fingerprint density at radius 2 is 2.10 bits per heavy atom. The molecule has 1 saturated carbocycles. The molecule has 0 aliphatic heterocycles. The highest BCUT2D eigenvalue weighted by atomic mass is 16.4. The van der Waals surface area contributed by atoms with Gasteiger partial charge in [-0.1, -0.05) is 6.07 Å². The molecule has 1 aliphatic carbocycles. The molecule has 2 atom stereocenters. The van der Waals surface area contributed by atoms with Crippen LogP contribution in [0.1, 0.15) is 28.5 Å². The van der Waals surface area contributed by atoms with Crippen LogP contribution in [0.25, 0.3) is 0 Å². The van der Waals surface area contributed by atoms with Gasteiger partial charge in [0.2, 0.25) is 5.91 Å². The molecule has 0 bridgehead atoms. The van der Waals surface area contributed by atoms with Gasteiger partial charge in [0.1, 0.15) is 5.76 Å². The molecule has 0 saturated heterocycles. The zero-order valence-electron chi connectivity index (χ0n) is 10.6. The molecule has 2 N–H and O–H groups in total. The summed E-state index contributed by atoms with van der Waals surface area (Å²) in [7, 11) is 0. The molecule has 102 valence electrons. The maximum atomic E-state index is 12.1. The second-order valence-corrected chi connectivity index (χ2v) is 4.84. The largest absolute Gasteiger partial charge is 0.478 e. The summed E-state index contributed by atoms with van der Waals surface area (Å²) in [5, 5.41) is 11.7. The number of rotatable bonds is 4. The Kier molecular flexibility index (Phi) is 3.02. The van der Waals surface area contributed by atoms with Crippen molar-refractivity contribution in [2.45, 2.75) is 12.3 Å². The zero-order valence-corrected chi connectivity index (χ0v) is 10.6. The Bertz CT molecular complexity index is 648. The minimum atomic E-state index is -1.01. The summed E-state index contributed by atoms with van der Waals surface area (Å²) in [4.78, 5) is 22.9. The number of amides is 1. The summed E-state index contributed by atoms with van der Waals surface area (Å²) < 4.78 is 5.28. The Labute approximate surface area is 115 Å². The summed E-state index contributed by atoms with van der Waals surface area (Å²) in [6, 6.07) is 9.89. The van der Waals surface area contributed by atoms with Gasteiger partial charge in [-0.25, -0.2) is 4.79 Å². The average molecular weight is 271 g/mol. The molecule has 1 aromatic heterocycles. The fourth-order valence-corrected chi connectivity index (χ4v) is 2.27. The number of furan rings is 1. The minimum absolute atomic E-state index is 0.102. The van der Waals surface area contributed by atoms with Crippen LogP contribution >= 0.6 is 0 Å². The highest BCUT2D eigenvalue weighted by Crippen LogP contribution is 2.48. The lowest BCUT2D eigenvalue weighted by molar-refractivity contribution is -0.117. The molecule has 5 heteroatoms. The highest BCUT2D eigenvalue weighted by Gasteiger charge is 2.45. The van der Waals surface area contributed by atoms with Crippen LogP contribution < -0.4 is 5.32 Å². The van der Waals surface area contributed by atoms with Gasteiger partial charge < -0.3 is 14.8 Å². The van der Waals surface area contributed by atoms with E-state index < -0.39 is 5.97 Å². The van der Waals surface area contributed by atoms with Crippen molar-refractivity contribution in [2.75, 3.05) is 5.32 Å². The number of carbonyl (C=O) groups is 2. The lowest BCUT2D eigenvalue weighted by atomic mass is 10.2. The van der Waals surface area contributed by atoms with Crippen LogP contribution in [0.15, 0.2) is 47.1 Å². The van der Waals surface area contributed by atoms with Crippen molar-refractivity contribution < 1.29 is 19.1 Å². The van der Waals surface area contributed by atoms with Crippen molar-refractivity contribution in [3.05, 3.63) is 54.0 Å². The lowest BCUT2D eigenvalue weighted by Gasteiger charge is -2.05. The van der Waals surface area contributed by atoms with Crippen molar-refractivity contribution >= 4 is 17.6 Å². The Morgan fingerprint density at radius 3 is 2.80 bits per heavy atom. The quantitative estimate of drug-likeness (QED) is 0.896. The monoisotopic (exact) mass is 271 g/mol. The van der Waals surface area contributed by atoms with Crippen LogP contribution in [0, 0.1) is 5.92 Å². The third kappa shape index (κ3) is 2.42. The Morgan fingerprint density at radius 1 is 1.25 bits per heavy atom. The standard InChI is InChI=1S/C15H13NO4/c17-14(12-8-11(12)13-5-2-6-20-13)16-10-4-1-3-9(7-10)15(18)19/h1-7,11-12H,8H2,(H,16,17)(H,18,19)/t11-,12+/m0/s1. The van der Waals surface area contributed by atoms with Crippen molar-refractivity contribution in [1.29, 1.82) is 0 Å². The molecule has 5 nitrogen and oxygen atoms in total. The summed E-state index contributed by atoms with van der Waals surface area (Å²) >= 11 is 0. The smallest absolute Gasteiger partial charge is 0.335 e. The lowest BCUT2D eigenvalue weighted by Crippen LogP contribution is -2.14. The van der Waals surface area contributed by atoms with E-state index >= 15 is 0 Å². The van der Waals surface area contributed by atoms with Gasteiger partial charge in [0, 0.05) is 17.5 Å². The molecule has 1 aliphatic rings. The summed E-state index contributed by atoms with van der Waals surface area (Å²) in [5.41, 5.74) is 0.654. The summed E-state index contributed by atoms with van der Waals surface area (Å²) in [5.74, 6) is -0.262. The SMILES string of the molecule is O=C(O)c1cccc(NC(=O)[C@@H]2C[C@@H]2c2ccco2)c1. The van der Waals surface area contributed by atoms with Crippen LogP contribution in [-0.2, 0) is 4.79 Å². The van der Waals surface area contributed by atoms with Gasteiger partial charge in [0.05, 0.1) is 11.8 Å². The molecular formula is C15H13NO4. The van der Waals surface area contributed by atoms with Gasteiger partial charge in [-0.15, -0.1) is 0 Å². The first kappa shape index (κ1) is 12.5. The van der Waals surface area contributed by atoms with Crippen LogP contribution in [0.4, 0.5) is 5.69 Å². The van der Waals surface area contributed by atoms with Crippen molar-refractivity contribution in [2.24, 2.45) is 5.92 Å². The van der Waals surface area contributed by atoms with Crippen LogP contribution in [-0.4, -0.2) is 17.0 Å². The number of carboxylic acids is 1. The first-order valence-electron chi connectivity index (χ1n) is 6.33. The molecule has 1 fully saturated rings. The topological polar surface area (TPSA) is 79.5 Å². The van der Waals surface area contributed by atoms with E-state index in [0.29, 0.717) is 5.69 Å². The molecule has 0 spiro atoms. The van der Waals surface area contributed by atoms with Crippen molar-refractivity contribution in [3.63, 3.8) is 0 Å². The third-order valence-corrected chi connectivity index (χ3v) is 3.41. The number of hydrogen-bond donors (Lipinski definition) is 2. The van der Waals surface area contributed by atoms with Gasteiger partial charge in [-0.3, -0.25) is 4.79 Å². The van der Waals surface area contributed by atoms with Gasteiger partial charge in [0.25, 0.3) is 0 Å². The summed E-state index contributed by atoms with van der Waals surface area (Å²) in [6.45, 7) is 0. The first-order valence-corrected chi connectivity index (χ1v) is 6.33. The normalized spacial score (nSPS) is 20.4. The number of benzene rings is 1. The molecule has 1 amide bonds. The zero-order chi connectivity index (χ0) is 14.1. The highest BCUT2D eigenvalue weighted by molar-refractivity contribution is 5.96. The number of carboxylic acid groups (broad SMARTS) is 1. The predicted molar refractivity (Wildman–Crippen MR) is 71.6 cm³/mol. The van der Waals surface area contributed by atoms with Gasteiger partial charge in [-0.05, 0) is 36.8 Å². The fraction of sp³-hybridized carbons (Fsp3) is 0.200. The average Bonchev–Trinajstić information content (AvgIpc) is 3.05. The maximum Gasteiger partial charge on any atom is 0.335 e. The number of aromatic carboxylic acids is 1. The molecule has 0 radical (unpaired) electrons. The number of hydrogen-bond acceptors (Lipinski definition) is 3. The minimum Gasteiger partial charge on any atom is -0.478 e. The van der Waals surface area contributed by atoms with E-state index in [1.807, 2.05) is 6.07 Å². The second-order valence-electron chi connectivity index (χ2n) is 4.84. The Balaban J connectivity index is 1.66. The van der Waals surface area contributed by atoms with Crippen LogP contribution in [0.2, 0.25) is 0 Å². The second kappa shape index (κ2) is 4.85. The molecule has 20 heavy (non-hydrogen) atoms. The van der Waals surface area contributed by atoms with Gasteiger partial charge >= 0.3 is 5.97 Å². The number of anilines is 1. The first-order chi connectivity index (χ1) is 9.65. The van der Waals surface area contributed by atoms with Crippen molar-refractivity contribution in [1.82, 2.24) is 0 Å².